The monoisotopic (exact) mass is 269 g/mol. The Morgan fingerprint density at radius 1 is 1.25 bits per heavy atom. The highest BCUT2D eigenvalue weighted by atomic mass is 15.3. The minimum absolute atomic E-state index is 0.148. The van der Waals surface area contributed by atoms with Crippen molar-refractivity contribution in [3.8, 4) is 0 Å². The van der Waals surface area contributed by atoms with E-state index in [4.69, 9.17) is 4.98 Å². The van der Waals surface area contributed by atoms with Gasteiger partial charge >= 0.3 is 0 Å². The Labute approximate surface area is 118 Å². The fraction of sp³-hybridized carbons (Fsp3) is 0.533. The Hall–Kier alpha value is -1.75. The number of nitrogens with one attached hydrogen (secondary N) is 1. The largest absolute Gasteiger partial charge is 0.290 e. The Morgan fingerprint density at radius 3 is 2.80 bits per heavy atom. The molecular weight excluding hydrogens is 250 g/mol. The van der Waals surface area contributed by atoms with Crippen molar-refractivity contribution in [3.63, 3.8) is 0 Å². The molecule has 0 aromatic carbocycles. The van der Waals surface area contributed by atoms with E-state index in [1.165, 1.54) is 31.2 Å². The first-order chi connectivity index (χ1) is 9.92. The van der Waals surface area contributed by atoms with Gasteiger partial charge in [-0.2, -0.15) is 5.10 Å². The van der Waals surface area contributed by atoms with Crippen LogP contribution in [0, 0.1) is 0 Å². The highest BCUT2D eigenvalue weighted by Crippen LogP contribution is 2.39. The number of hydrogen-bond donors (Lipinski definition) is 1. The number of hydrogen-bond acceptors (Lipinski definition) is 4. The number of H-pyrrole nitrogens is 1. The van der Waals surface area contributed by atoms with Crippen molar-refractivity contribution < 1.29 is 0 Å². The van der Waals surface area contributed by atoms with Crippen molar-refractivity contribution in [1.29, 1.82) is 0 Å². The third-order valence-corrected chi connectivity index (χ3v) is 4.23. The zero-order valence-electron chi connectivity index (χ0n) is 11.5. The predicted molar refractivity (Wildman–Crippen MR) is 75.2 cm³/mol. The molecule has 0 unspecified atom stereocenters. The molecule has 0 amide bonds. The molecule has 5 heteroatoms. The highest BCUT2D eigenvalue weighted by Gasteiger charge is 2.32. The molecule has 1 N–H and O–H groups in total. The molecule has 1 atom stereocenters. The molecule has 104 valence electrons. The van der Waals surface area contributed by atoms with E-state index < -0.39 is 0 Å². The van der Waals surface area contributed by atoms with Crippen LogP contribution < -0.4 is 0 Å². The average Bonchev–Trinajstić information content (AvgIpc) is 3.01. The SMILES string of the molecule is c1cncc([C@H](c2n[nH]c(C3CC3)n2)N2CCCC2)c1. The Balaban J connectivity index is 1.69. The first-order valence-corrected chi connectivity index (χ1v) is 7.48. The van der Waals surface area contributed by atoms with Gasteiger partial charge in [-0.3, -0.25) is 15.0 Å². The van der Waals surface area contributed by atoms with Gasteiger partial charge in [0.1, 0.15) is 5.82 Å². The van der Waals surface area contributed by atoms with Gasteiger partial charge < -0.3 is 0 Å². The molecule has 2 aromatic heterocycles. The molecule has 2 fully saturated rings. The van der Waals surface area contributed by atoms with Crippen molar-refractivity contribution >= 4 is 0 Å². The molecule has 5 nitrogen and oxygen atoms in total. The maximum absolute atomic E-state index is 4.76. The standard InChI is InChI=1S/C15H19N5/c1-2-9-20(8-1)13(12-4-3-7-16-10-12)15-17-14(18-19-15)11-5-6-11/h3-4,7,10-11,13H,1-2,5-6,8-9H2,(H,17,18,19)/t13-/m1/s1. The van der Waals surface area contributed by atoms with Crippen molar-refractivity contribution in [1.82, 2.24) is 25.1 Å². The van der Waals surface area contributed by atoms with Crippen molar-refractivity contribution in [2.24, 2.45) is 0 Å². The third kappa shape index (κ3) is 2.22. The molecule has 3 heterocycles. The molecule has 0 bridgehead atoms. The van der Waals surface area contributed by atoms with Crippen LogP contribution in [0.3, 0.4) is 0 Å². The van der Waals surface area contributed by atoms with Crippen LogP contribution in [-0.4, -0.2) is 38.2 Å². The lowest BCUT2D eigenvalue weighted by atomic mass is 10.1. The predicted octanol–water partition coefficient (Wildman–Crippen LogP) is 2.26. The maximum Gasteiger partial charge on any atom is 0.172 e. The normalized spacial score (nSPS) is 21.2. The van der Waals surface area contributed by atoms with Gasteiger partial charge in [0.2, 0.25) is 0 Å². The molecule has 2 aliphatic rings. The fourth-order valence-electron chi connectivity index (χ4n) is 3.01. The first kappa shape index (κ1) is 12.0. The Morgan fingerprint density at radius 2 is 2.10 bits per heavy atom. The molecule has 0 radical (unpaired) electrons. The molecule has 0 spiro atoms. The molecular formula is C15H19N5. The number of aromatic amines is 1. The summed E-state index contributed by atoms with van der Waals surface area (Å²) in [5.74, 6) is 2.58. The number of likely N-dealkylation sites (tertiary alicyclic amines) is 1. The highest BCUT2D eigenvalue weighted by molar-refractivity contribution is 5.22. The van der Waals surface area contributed by atoms with E-state index in [0.717, 1.165) is 24.7 Å². The van der Waals surface area contributed by atoms with Gasteiger partial charge in [0.05, 0.1) is 6.04 Å². The van der Waals surface area contributed by atoms with E-state index in [2.05, 4.69) is 26.1 Å². The fourth-order valence-corrected chi connectivity index (χ4v) is 3.01. The van der Waals surface area contributed by atoms with Crippen LogP contribution in [0.2, 0.25) is 0 Å². The summed E-state index contributed by atoms with van der Waals surface area (Å²) in [5.41, 5.74) is 1.19. The van der Waals surface area contributed by atoms with Crippen LogP contribution in [-0.2, 0) is 0 Å². The maximum atomic E-state index is 4.76. The van der Waals surface area contributed by atoms with Gasteiger partial charge in [-0.25, -0.2) is 4.98 Å². The summed E-state index contributed by atoms with van der Waals surface area (Å²) >= 11 is 0. The van der Waals surface area contributed by atoms with Gasteiger partial charge in [0.15, 0.2) is 5.82 Å². The summed E-state index contributed by atoms with van der Waals surface area (Å²) in [4.78, 5) is 11.5. The van der Waals surface area contributed by atoms with Gasteiger partial charge in [-0.1, -0.05) is 6.07 Å². The summed E-state index contributed by atoms with van der Waals surface area (Å²) in [6.45, 7) is 2.24. The first-order valence-electron chi connectivity index (χ1n) is 7.48. The third-order valence-electron chi connectivity index (χ3n) is 4.23. The van der Waals surface area contributed by atoms with E-state index in [1.807, 2.05) is 18.5 Å². The molecule has 1 aliphatic heterocycles. The van der Waals surface area contributed by atoms with E-state index >= 15 is 0 Å². The number of nitrogens with zero attached hydrogens (tertiary/aromatic N) is 4. The zero-order chi connectivity index (χ0) is 13.4. The minimum atomic E-state index is 0.148. The lowest BCUT2D eigenvalue weighted by Crippen LogP contribution is -2.27. The molecule has 20 heavy (non-hydrogen) atoms. The number of aromatic nitrogens is 4. The molecule has 1 aliphatic carbocycles. The molecule has 2 aromatic rings. The number of rotatable bonds is 4. The minimum Gasteiger partial charge on any atom is -0.290 e. The Bertz CT molecular complexity index is 569. The quantitative estimate of drug-likeness (QED) is 0.925. The lowest BCUT2D eigenvalue weighted by molar-refractivity contribution is 0.271. The summed E-state index contributed by atoms with van der Waals surface area (Å²) in [6.07, 6.45) is 8.77. The summed E-state index contributed by atoms with van der Waals surface area (Å²) in [6, 6.07) is 4.27. The van der Waals surface area contributed by atoms with Crippen LogP contribution in [0.4, 0.5) is 0 Å². The van der Waals surface area contributed by atoms with E-state index in [0.29, 0.717) is 5.92 Å². The second-order valence-electron chi connectivity index (χ2n) is 5.79. The zero-order valence-corrected chi connectivity index (χ0v) is 11.5. The van der Waals surface area contributed by atoms with Crippen LogP contribution in [0.1, 0.15) is 54.9 Å². The lowest BCUT2D eigenvalue weighted by Gasteiger charge is -2.25. The Kier molecular flexibility index (Phi) is 2.99. The van der Waals surface area contributed by atoms with Crippen LogP contribution in [0.25, 0.3) is 0 Å². The molecule has 1 saturated heterocycles. The van der Waals surface area contributed by atoms with Gasteiger partial charge in [0, 0.05) is 18.3 Å². The van der Waals surface area contributed by atoms with Crippen molar-refractivity contribution in [2.75, 3.05) is 13.1 Å². The number of pyridine rings is 1. The summed E-state index contributed by atoms with van der Waals surface area (Å²) in [7, 11) is 0. The van der Waals surface area contributed by atoms with Crippen molar-refractivity contribution in [2.45, 2.75) is 37.6 Å². The topological polar surface area (TPSA) is 57.7 Å². The van der Waals surface area contributed by atoms with Gasteiger partial charge in [0.25, 0.3) is 0 Å². The van der Waals surface area contributed by atoms with Crippen LogP contribution in [0.15, 0.2) is 24.5 Å². The van der Waals surface area contributed by atoms with Gasteiger partial charge in [-0.05, 0) is 50.4 Å². The summed E-state index contributed by atoms with van der Waals surface area (Å²) in [5, 5.41) is 7.63. The van der Waals surface area contributed by atoms with E-state index in [-0.39, 0.29) is 6.04 Å². The second kappa shape index (κ2) is 4.98. The van der Waals surface area contributed by atoms with Gasteiger partial charge in [-0.15, -0.1) is 0 Å². The summed E-state index contributed by atoms with van der Waals surface area (Å²) < 4.78 is 0. The second-order valence-corrected chi connectivity index (χ2v) is 5.79. The van der Waals surface area contributed by atoms with E-state index in [1.54, 1.807) is 0 Å². The van der Waals surface area contributed by atoms with Crippen LogP contribution in [0.5, 0.6) is 0 Å². The molecule has 1 saturated carbocycles. The smallest absolute Gasteiger partial charge is 0.172 e. The van der Waals surface area contributed by atoms with E-state index in [9.17, 15) is 0 Å². The average molecular weight is 269 g/mol. The molecule has 4 rings (SSSR count). The van der Waals surface area contributed by atoms with Crippen molar-refractivity contribution in [3.05, 3.63) is 41.7 Å². The van der Waals surface area contributed by atoms with Crippen LogP contribution >= 0.6 is 0 Å².